The van der Waals surface area contributed by atoms with Crippen LogP contribution in [-0.2, 0) is 0 Å². The highest BCUT2D eigenvalue weighted by Crippen LogP contribution is 2.44. The third-order valence-electron chi connectivity index (χ3n) is 4.82. The predicted octanol–water partition coefficient (Wildman–Crippen LogP) is 5.97. The first kappa shape index (κ1) is 22.2. The summed E-state index contributed by atoms with van der Waals surface area (Å²) in [5.41, 5.74) is 1.27. The van der Waals surface area contributed by atoms with E-state index < -0.39 is 0 Å². The Morgan fingerprint density at radius 3 is 1.35 bits per heavy atom. The molecule has 1 heteroatoms. The van der Waals surface area contributed by atoms with Crippen LogP contribution in [0.5, 0.6) is 0 Å². The van der Waals surface area contributed by atoms with Crippen molar-refractivity contribution in [3.63, 3.8) is 0 Å². The van der Waals surface area contributed by atoms with Crippen molar-refractivity contribution in [3.05, 3.63) is 0 Å². The van der Waals surface area contributed by atoms with Crippen LogP contribution in [0.3, 0.4) is 0 Å². The average Bonchev–Trinajstić information content (AvgIpc) is 2.06. The lowest BCUT2D eigenvalue weighted by molar-refractivity contribution is 0.0807. The Morgan fingerprint density at radius 1 is 0.700 bits per heavy atom. The molecule has 0 fully saturated rings. The molecule has 0 aliphatic heterocycles. The maximum atomic E-state index is 2.47. The molecular weight excluding hydrogens is 244 g/mol. The van der Waals surface area contributed by atoms with E-state index in [2.05, 4.69) is 76.2 Å². The summed E-state index contributed by atoms with van der Waals surface area (Å²) >= 11 is 0. The van der Waals surface area contributed by atoms with E-state index in [0.717, 1.165) is 17.8 Å². The highest BCUT2D eigenvalue weighted by Gasteiger charge is 2.35. The van der Waals surface area contributed by atoms with Gasteiger partial charge in [0.2, 0.25) is 0 Å². The van der Waals surface area contributed by atoms with Crippen LogP contribution in [0.4, 0.5) is 0 Å². The molecule has 0 bridgehead atoms. The summed E-state index contributed by atoms with van der Waals surface area (Å²) in [6.45, 7) is 26.4. The lowest BCUT2D eigenvalue weighted by Crippen LogP contribution is -2.33. The Labute approximate surface area is 129 Å². The van der Waals surface area contributed by atoms with Gasteiger partial charge in [0, 0.05) is 0 Å². The van der Waals surface area contributed by atoms with Gasteiger partial charge in [-0.2, -0.15) is 0 Å². The molecular formula is C19H42O. The summed E-state index contributed by atoms with van der Waals surface area (Å²) in [6.07, 6.45) is 2.68. The Hall–Kier alpha value is -0.0400. The molecule has 0 amide bonds. The van der Waals surface area contributed by atoms with E-state index in [-0.39, 0.29) is 5.48 Å². The second-order valence-corrected chi connectivity index (χ2v) is 10.2. The van der Waals surface area contributed by atoms with E-state index in [4.69, 9.17) is 0 Å². The Balaban J connectivity index is 0. The van der Waals surface area contributed by atoms with Crippen molar-refractivity contribution in [2.45, 2.75) is 89.0 Å². The quantitative estimate of drug-likeness (QED) is 0.610. The molecule has 0 rings (SSSR count). The zero-order chi connectivity index (χ0) is 15.6. The zero-order valence-corrected chi connectivity index (χ0v) is 16.1. The van der Waals surface area contributed by atoms with Gasteiger partial charge in [0.1, 0.15) is 0 Å². The van der Waals surface area contributed by atoms with Crippen LogP contribution in [0, 0.1) is 34.0 Å². The van der Waals surface area contributed by atoms with Crippen LogP contribution in [0.2, 0.25) is 0 Å². The Morgan fingerprint density at radius 2 is 1.10 bits per heavy atom. The van der Waals surface area contributed by atoms with Gasteiger partial charge in [-0.1, -0.05) is 76.2 Å². The minimum Gasteiger partial charge on any atom is -0.412 e. The molecule has 0 unspecified atom stereocenters. The number of hydrogen-bond acceptors (Lipinski definition) is 0. The lowest BCUT2D eigenvalue weighted by Gasteiger charge is -2.42. The summed E-state index contributed by atoms with van der Waals surface area (Å²) in [7, 11) is 0. The normalized spacial score (nSPS) is 18.1. The second-order valence-electron chi connectivity index (χ2n) is 10.2. The van der Waals surface area contributed by atoms with Gasteiger partial charge in [0.05, 0.1) is 0 Å². The van der Waals surface area contributed by atoms with Crippen LogP contribution in [-0.4, -0.2) is 5.48 Å². The van der Waals surface area contributed by atoms with Crippen LogP contribution < -0.4 is 0 Å². The van der Waals surface area contributed by atoms with Crippen molar-refractivity contribution in [2.75, 3.05) is 0 Å². The molecule has 2 N–H and O–H groups in total. The van der Waals surface area contributed by atoms with Crippen molar-refractivity contribution >= 4 is 0 Å². The topological polar surface area (TPSA) is 31.5 Å². The van der Waals surface area contributed by atoms with E-state index in [1.807, 2.05) is 0 Å². The predicted molar refractivity (Wildman–Crippen MR) is 93.0 cm³/mol. The second kappa shape index (κ2) is 7.29. The maximum absolute atomic E-state index is 2.47. The van der Waals surface area contributed by atoms with Crippen LogP contribution >= 0.6 is 0 Å². The molecule has 0 spiro atoms. The molecule has 0 saturated heterocycles. The van der Waals surface area contributed by atoms with Gasteiger partial charge in [-0.15, -0.1) is 0 Å². The van der Waals surface area contributed by atoms with Crippen LogP contribution in [0.15, 0.2) is 0 Å². The Bertz CT molecular complexity index is 259. The number of hydrogen-bond donors (Lipinski definition) is 0. The highest BCUT2D eigenvalue weighted by molar-refractivity contribution is 4.84. The number of rotatable bonds is 4. The fraction of sp³-hybridized carbons (Fsp3) is 1.00. The van der Waals surface area contributed by atoms with Crippen molar-refractivity contribution in [1.29, 1.82) is 0 Å². The summed E-state index contributed by atoms with van der Waals surface area (Å²) in [6, 6.07) is 0. The van der Waals surface area contributed by atoms with Gasteiger partial charge in [-0.3, -0.25) is 0 Å². The Kier molecular flexibility index (Phi) is 8.11. The molecule has 0 saturated carbocycles. The summed E-state index contributed by atoms with van der Waals surface area (Å²) in [5, 5.41) is 0. The van der Waals surface area contributed by atoms with E-state index in [1.165, 1.54) is 12.8 Å². The van der Waals surface area contributed by atoms with Gasteiger partial charge < -0.3 is 5.48 Å². The maximum Gasteiger partial charge on any atom is -0.0337 e. The van der Waals surface area contributed by atoms with Crippen LogP contribution in [0.25, 0.3) is 0 Å². The average molecular weight is 287 g/mol. The molecule has 0 radical (unpaired) electrons. The summed E-state index contributed by atoms with van der Waals surface area (Å²) in [5.74, 6) is 2.38. The zero-order valence-electron chi connectivity index (χ0n) is 16.1. The van der Waals surface area contributed by atoms with Gasteiger partial charge in [-0.05, 0) is 46.8 Å². The lowest BCUT2D eigenvalue weighted by atomic mass is 9.64. The minimum atomic E-state index is 0. The van der Waals surface area contributed by atoms with Crippen molar-refractivity contribution in [2.24, 2.45) is 34.0 Å². The molecule has 0 heterocycles. The summed E-state index contributed by atoms with van der Waals surface area (Å²) < 4.78 is 0. The van der Waals surface area contributed by atoms with E-state index in [0.29, 0.717) is 16.2 Å². The molecule has 1 nitrogen and oxygen atoms in total. The molecule has 0 aromatic carbocycles. The SMILES string of the molecule is C[C@H](CC(C)(C)C)[C@@H](C[C@@H](C)C(C)(C)C)C(C)(C)C.O. The van der Waals surface area contributed by atoms with Crippen molar-refractivity contribution in [1.82, 2.24) is 0 Å². The van der Waals surface area contributed by atoms with E-state index in [1.54, 1.807) is 0 Å². The molecule has 3 atom stereocenters. The van der Waals surface area contributed by atoms with Gasteiger partial charge in [0.15, 0.2) is 0 Å². The van der Waals surface area contributed by atoms with E-state index in [9.17, 15) is 0 Å². The van der Waals surface area contributed by atoms with E-state index >= 15 is 0 Å². The molecule has 0 aromatic rings. The van der Waals surface area contributed by atoms with Gasteiger partial charge in [-0.25, -0.2) is 0 Å². The molecule has 0 aliphatic rings. The van der Waals surface area contributed by atoms with Crippen LogP contribution in [0.1, 0.15) is 89.0 Å². The molecule has 0 aromatic heterocycles. The van der Waals surface area contributed by atoms with Crippen molar-refractivity contribution < 1.29 is 5.48 Å². The van der Waals surface area contributed by atoms with Gasteiger partial charge in [0.25, 0.3) is 0 Å². The fourth-order valence-corrected chi connectivity index (χ4v) is 3.28. The largest absolute Gasteiger partial charge is 0.412 e. The molecule has 20 heavy (non-hydrogen) atoms. The third kappa shape index (κ3) is 8.29. The highest BCUT2D eigenvalue weighted by atomic mass is 16.0. The van der Waals surface area contributed by atoms with Crippen molar-refractivity contribution in [3.8, 4) is 0 Å². The molecule has 0 aliphatic carbocycles. The smallest absolute Gasteiger partial charge is 0.0337 e. The standard InChI is InChI=1S/C19H40.H2O/c1-14(13-17(3,4)5)16(19(9,10)11)12-15(2)18(6,7)8;/h14-16H,12-13H2,1-11H3;1H2/t14-,15-,16-;/m1./s1. The first-order chi connectivity index (χ1) is 8.14. The summed E-state index contributed by atoms with van der Waals surface area (Å²) in [4.78, 5) is 0. The molecule has 124 valence electrons. The van der Waals surface area contributed by atoms with Gasteiger partial charge >= 0.3 is 0 Å². The first-order valence-electron chi connectivity index (χ1n) is 8.14. The first-order valence-corrected chi connectivity index (χ1v) is 8.14. The minimum absolute atomic E-state index is 0. The fourth-order valence-electron chi connectivity index (χ4n) is 3.28. The third-order valence-corrected chi connectivity index (χ3v) is 4.82. The monoisotopic (exact) mass is 286 g/mol.